The average Bonchev–Trinajstić information content (AvgIpc) is 2.79. The monoisotopic (exact) mass is 418 g/mol. The van der Waals surface area contributed by atoms with Gasteiger partial charge < -0.3 is 28.4 Å². The Kier molecular flexibility index (Phi) is 10.2. The molecule has 162 valence electrons. The number of ether oxygens (including phenoxy) is 6. The zero-order chi connectivity index (χ0) is 21.6. The van der Waals surface area contributed by atoms with Gasteiger partial charge in [0.1, 0.15) is 35.8 Å². The van der Waals surface area contributed by atoms with E-state index >= 15 is 0 Å². The van der Waals surface area contributed by atoms with Crippen LogP contribution in [0.25, 0.3) is 0 Å². The van der Waals surface area contributed by atoms with Crippen molar-refractivity contribution in [1.29, 1.82) is 0 Å². The number of hydrogen-bond acceptors (Lipinski definition) is 8. The summed E-state index contributed by atoms with van der Waals surface area (Å²) in [4.78, 5) is 24.0. The maximum Gasteiger partial charge on any atom is 0.342 e. The second kappa shape index (κ2) is 13.2. The molecule has 0 bridgehead atoms. The highest BCUT2D eigenvalue weighted by Gasteiger charge is 2.13. The summed E-state index contributed by atoms with van der Waals surface area (Å²) in [5.74, 6) is -0.0141. The third-order valence-corrected chi connectivity index (χ3v) is 3.95. The molecule has 2 aromatic rings. The minimum atomic E-state index is -0.468. The van der Waals surface area contributed by atoms with Crippen LogP contribution in [-0.4, -0.2) is 65.8 Å². The van der Waals surface area contributed by atoms with Crippen molar-refractivity contribution in [2.24, 2.45) is 0 Å². The number of methoxy groups -OCH3 is 2. The van der Waals surface area contributed by atoms with Crippen LogP contribution in [0.1, 0.15) is 20.7 Å². The van der Waals surface area contributed by atoms with E-state index in [1.165, 1.54) is 14.2 Å². The Balaban J connectivity index is 1.50. The van der Waals surface area contributed by atoms with E-state index in [1.54, 1.807) is 48.5 Å². The lowest BCUT2D eigenvalue weighted by Crippen LogP contribution is -2.15. The third kappa shape index (κ3) is 7.38. The second-order valence-corrected chi connectivity index (χ2v) is 5.90. The molecule has 0 unspecified atom stereocenters. The smallest absolute Gasteiger partial charge is 0.342 e. The molecule has 0 heterocycles. The molecule has 0 aromatic heterocycles. The Morgan fingerprint density at radius 2 is 0.967 bits per heavy atom. The topological polar surface area (TPSA) is 89.5 Å². The molecule has 0 N–H and O–H groups in total. The van der Waals surface area contributed by atoms with Gasteiger partial charge in [-0.15, -0.1) is 0 Å². The van der Waals surface area contributed by atoms with E-state index < -0.39 is 11.9 Å². The molecular formula is C22H26O8. The van der Waals surface area contributed by atoms with Crippen molar-refractivity contribution < 1.29 is 38.0 Å². The van der Waals surface area contributed by atoms with Crippen LogP contribution in [0.4, 0.5) is 0 Å². The van der Waals surface area contributed by atoms with Crippen LogP contribution in [0.2, 0.25) is 0 Å². The van der Waals surface area contributed by atoms with Gasteiger partial charge in [0.25, 0.3) is 0 Å². The first-order chi connectivity index (χ1) is 14.7. The van der Waals surface area contributed by atoms with E-state index in [0.717, 1.165) is 0 Å². The molecule has 2 aromatic carbocycles. The predicted octanol–water partition coefficient (Wildman–Crippen LogP) is 2.75. The summed E-state index contributed by atoms with van der Waals surface area (Å²) < 4.78 is 31.2. The predicted molar refractivity (Wildman–Crippen MR) is 108 cm³/mol. The maximum atomic E-state index is 12.0. The highest BCUT2D eigenvalue weighted by molar-refractivity contribution is 5.93. The molecule has 8 nitrogen and oxygen atoms in total. The largest absolute Gasteiger partial charge is 0.496 e. The number of esters is 2. The van der Waals surface area contributed by atoms with Gasteiger partial charge >= 0.3 is 11.9 Å². The molecule has 2 rings (SSSR count). The lowest BCUT2D eigenvalue weighted by molar-refractivity contribution is 0.00214. The first-order valence-corrected chi connectivity index (χ1v) is 9.43. The van der Waals surface area contributed by atoms with Gasteiger partial charge in [0.15, 0.2) is 0 Å². The highest BCUT2D eigenvalue weighted by Crippen LogP contribution is 2.18. The second-order valence-electron chi connectivity index (χ2n) is 5.90. The molecule has 0 spiro atoms. The SMILES string of the molecule is COc1ccccc1C(=O)OCCOCCOCCOC(=O)c1ccccc1OC. The van der Waals surface area contributed by atoms with Crippen molar-refractivity contribution in [3.05, 3.63) is 59.7 Å². The van der Waals surface area contributed by atoms with Gasteiger partial charge in [0.2, 0.25) is 0 Å². The summed E-state index contributed by atoms with van der Waals surface area (Å²) in [6, 6.07) is 13.7. The minimum Gasteiger partial charge on any atom is -0.496 e. The lowest BCUT2D eigenvalue weighted by atomic mass is 10.2. The van der Waals surface area contributed by atoms with Gasteiger partial charge in [-0.1, -0.05) is 24.3 Å². The van der Waals surface area contributed by atoms with E-state index in [4.69, 9.17) is 28.4 Å². The molecule has 30 heavy (non-hydrogen) atoms. The van der Waals surface area contributed by atoms with Crippen molar-refractivity contribution in [2.45, 2.75) is 0 Å². The van der Waals surface area contributed by atoms with Gasteiger partial charge in [-0.25, -0.2) is 9.59 Å². The minimum absolute atomic E-state index is 0.118. The molecule has 0 fully saturated rings. The molecule has 0 amide bonds. The summed E-state index contributed by atoms with van der Waals surface area (Å²) in [5.41, 5.74) is 0.733. The number of rotatable bonds is 13. The van der Waals surface area contributed by atoms with Crippen LogP contribution in [0.15, 0.2) is 48.5 Å². The Morgan fingerprint density at radius 1 is 0.600 bits per heavy atom. The average molecular weight is 418 g/mol. The fourth-order valence-corrected chi connectivity index (χ4v) is 2.49. The third-order valence-electron chi connectivity index (χ3n) is 3.95. The van der Waals surface area contributed by atoms with Gasteiger partial charge in [0.05, 0.1) is 40.6 Å². The zero-order valence-corrected chi connectivity index (χ0v) is 17.1. The molecule has 0 atom stereocenters. The number of para-hydroxylation sites is 2. The van der Waals surface area contributed by atoms with Crippen LogP contribution in [0.3, 0.4) is 0 Å². The molecule has 0 radical (unpaired) electrons. The van der Waals surface area contributed by atoms with Crippen LogP contribution < -0.4 is 9.47 Å². The summed E-state index contributed by atoms with van der Waals surface area (Å²) in [5, 5.41) is 0. The zero-order valence-electron chi connectivity index (χ0n) is 17.1. The fraction of sp³-hybridized carbons (Fsp3) is 0.364. The molecule has 8 heteroatoms. The first-order valence-electron chi connectivity index (χ1n) is 9.43. The van der Waals surface area contributed by atoms with E-state index in [-0.39, 0.29) is 26.4 Å². The molecule has 0 saturated carbocycles. The Hall–Kier alpha value is -3.10. The standard InChI is InChI=1S/C22H26O8/c1-25-19-9-5-3-7-17(19)21(23)29-15-13-27-11-12-28-14-16-30-22(24)18-8-4-6-10-20(18)26-2/h3-10H,11-16H2,1-2H3. The van der Waals surface area contributed by atoms with Gasteiger partial charge in [-0.2, -0.15) is 0 Å². The Morgan fingerprint density at radius 3 is 1.37 bits per heavy atom. The van der Waals surface area contributed by atoms with Gasteiger partial charge in [-0.05, 0) is 24.3 Å². The number of hydrogen-bond donors (Lipinski definition) is 0. The van der Waals surface area contributed by atoms with Crippen LogP contribution in [0, 0.1) is 0 Å². The Labute approximate surface area is 175 Å². The number of carbonyl (C=O) groups is 2. The van der Waals surface area contributed by atoms with E-state index in [2.05, 4.69) is 0 Å². The van der Waals surface area contributed by atoms with Crippen molar-refractivity contribution in [2.75, 3.05) is 53.9 Å². The van der Waals surface area contributed by atoms with E-state index in [0.29, 0.717) is 35.8 Å². The fourth-order valence-electron chi connectivity index (χ4n) is 2.49. The summed E-state index contributed by atoms with van der Waals surface area (Å²) in [7, 11) is 2.99. The van der Waals surface area contributed by atoms with Crippen molar-refractivity contribution in [1.82, 2.24) is 0 Å². The van der Waals surface area contributed by atoms with Crippen molar-refractivity contribution in [3.63, 3.8) is 0 Å². The molecule has 0 saturated heterocycles. The summed E-state index contributed by atoms with van der Waals surface area (Å²) in [6.45, 7) is 1.38. The van der Waals surface area contributed by atoms with Gasteiger partial charge in [0, 0.05) is 0 Å². The van der Waals surface area contributed by atoms with Crippen molar-refractivity contribution in [3.8, 4) is 11.5 Å². The molecular weight excluding hydrogens is 392 g/mol. The number of benzene rings is 2. The van der Waals surface area contributed by atoms with Crippen LogP contribution in [0.5, 0.6) is 11.5 Å². The molecule has 0 aliphatic carbocycles. The quantitative estimate of drug-likeness (QED) is 0.362. The number of carbonyl (C=O) groups excluding carboxylic acids is 2. The van der Waals surface area contributed by atoms with Crippen LogP contribution >= 0.6 is 0 Å². The first kappa shape index (κ1) is 23.2. The van der Waals surface area contributed by atoms with E-state index in [9.17, 15) is 9.59 Å². The maximum absolute atomic E-state index is 12.0. The lowest BCUT2D eigenvalue weighted by Gasteiger charge is -2.10. The van der Waals surface area contributed by atoms with E-state index in [1.807, 2.05) is 0 Å². The van der Waals surface area contributed by atoms with Gasteiger partial charge in [-0.3, -0.25) is 0 Å². The summed E-state index contributed by atoms with van der Waals surface area (Å²) in [6.07, 6.45) is 0. The highest BCUT2D eigenvalue weighted by atomic mass is 16.6. The van der Waals surface area contributed by atoms with Crippen molar-refractivity contribution >= 4 is 11.9 Å². The normalized spacial score (nSPS) is 10.3. The molecule has 0 aliphatic rings. The van der Waals surface area contributed by atoms with Crippen LogP contribution in [-0.2, 0) is 18.9 Å². The summed E-state index contributed by atoms with van der Waals surface area (Å²) >= 11 is 0. The Bertz CT molecular complexity index is 738. The molecule has 0 aliphatic heterocycles.